The summed E-state index contributed by atoms with van der Waals surface area (Å²) in [6, 6.07) is 7.22. The number of benzene rings is 1. The van der Waals surface area contributed by atoms with E-state index in [9.17, 15) is 13.2 Å². The second-order valence-corrected chi connectivity index (χ2v) is 11.7. The van der Waals surface area contributed by atoms with Gasteiger partial charge < -0.3 is 14.2 Å². The van der Waals surface area contributed by atoms with Gasteiger partial charge in [-0.05, 0) is 62.6 Å². The van der Waals surface area contributed by atoms with Crippen LogP contribution in [0.5, 0.6) is 5.75 Å². The molecule has 0 spiro atoms. The summed E-state index contributed by atoms with van der Waals surface area (Å²) < 4.78 is 46.8. The summed E-state index contributed by atoms with van der Waals surface area (Å²) in [4.78, 5) is 14.7. The van der Waals surface area contributed by atoms with Crippen LogP contribution in [-0.4, -0.2) is 81.9 Å². The molecule has 4 aliphatic rings. The molecule has 34 heavy (non-hydrogen) atoms. The van der Waals surface area contributed by atoms with E-state index in [0.29, 0.717) is 25.4 Å². The van der Waals surface area contributed by atoms with Crippen LogP contribution in [0.4, 0.5) is 4.79 Å². The molecule has 10 heteroatoms. The van der Waals surface area contributed by atoms with Crippen LogP contribution in [0, 0.1) is 0 Å². The van der Waals surface area contributed by atoms with Crippen molar-refractivity contribution in [3.05, 3.63) is 29.8 Å². The molecule has 1 amide bonds. The van der Waals surface area contributed by atoms with Gasteiger partial charge in [-0.25, -0.2) is 4.79 Å². The highest BCUT2D eigenvalue weighted by Gasteiger charge is 2.45. The molecule has 1 saturated carbocycles. The van der Waals surface area contributed by atoms with E-state index >= 15 is 0 Å². The summed E-state index contributed by atoms with van der Waals surface area (Å²) in [5, 5.41) is 0. The Morgan fingerprint density at radius 3 is 2.56 bits per heavy atom. The summed E-state index contributed by atoms with van der Waals surface area (Å²) in [5.74, 6) is 1.32. The van der Waals surface area contributed by atoms with E-state index in [-0.39, 0.29) is 25.4 Å². The van der Waals surface area contributed by atoms with Crippen molar-refractivity contribution in [2.45, 2.75) is 75.6 Å². The smallest absolute Gasteiger partial charge is 0.410 e. The first-order chi connectivity index (χ1) is 16.2. The highest BCUT2D eigenvalue weighted by atomic mass is 32.2. The lowest BCUT2D eigenvalue weighted by atomic mass is 9.82. The van der Waals surface area contributed by atoms with E-state index in [1.165, 1.54) is 19.7 Å². The van der Waals surface area contributed by atoms with Crippen molar-refractivity contribution in [2.75, 3.05) is 33.9 Å². The summed E-state index contributed by atoms with van der Waals surface area (Å²) in [7, 11) is -0.678. The van der Waals surface area contributed by atoms with Gasteiger partial charge in [0, 0.05) is 32.6 Å². The second-order valence-electron chi connectivity index (χ2n) is 9.77. The highest BCUT2D eigenvalue weighted by Crippen LogP contribution is 2.36. The van der Waals surface area contributed by atoms with Crippen LogP contribution >= 0.6 is 0 Å². The zero-order chi connectivity index (χ0) is 24.3. The van der Waals surface area contributed by atoms with E-state index < -0.39 is 28.4 Å². The van der Waals surface area contributed by atoms with Gasteiger partial charge in [0.2, 0.25) is 0 Å². The monoisotopic (exact) mass is 495 g/mol. The molecule has 0 aromatic heterocycles. The van der Waals surface area contributed by atoms with E-state index in [2.05, 4.69) is 16.9 Å². The molecule has 1 aliphatic carbocycles. The van der Waals surface area contributed by atoms with Gasteiger partial charge >= 0.3 is 6.09 Å². The van der Waals surface area contributed by atoms with Crippen LogP contribution in [0.2, 0.25) is 0 Å². The number of hydrogen-bond donors (Lipinski definition) is 1. The number of carbonyl (C=O) groups is 1. The molecular weight excluding hydrogens is 458 g/mol. The van der Waals surface area contributed by atoms with Crippen molar-refractivity contribution in [2.24, 2.45) is 0 Å². The minimum Gasteiger partial charge on any atom is -0.493 e. The Bertz CT molecular complexity index is 948. The van der Waals surface area contributed by atoms with Crippen molar-refractivity contribution in [1.82, 2.24) is 13.9 Å². The van der Waals surface area contributed by atoms with E-state index in [1.54, 1.807) is 4.90 Å². The van der Waals surface area contributed by atoms with Gasteiger partial charge in [-0.15, -0.1) is 0 Å². The molecule has 3 atom stereocenters. The predicted octanol–water partition coefficient (Wildman–Crippen LogP) is 2.88. The maximum atomic E-state index is 13.0. The molecule has 1 aromatic carbocycles. The van der Waals surface area contributed by atoms with Crippen molar-refractivity contribution >= 4 is 16.3 Å². The molecule has 1 N–H and O–H groups in total. The maximum Gasteiger partial charge on any atom is 0.410 e. The molecule has 1 aromatic rings. The lowest BCUT2D eigenvalue weighted by Gasteiger charge is -2.33. The van der Waals surface area contributed by atoms with Gasteiger partial charge in [0.15, 0.2) is 0 Å². The Hall–Kier alpha value is -1.88. The average molecular weight is 496 g/mol. The number of nitrogens with one attached hydrogen (secondary N) is 1. The maximum absolute atomic E-state index is 13.0. The van der Waals surface area contributed by atoms with Gasteiger partial charge in [-0.1, -0.05) is 12.1 Å². The zero-order valence-corrected chi connectivity index (χ0v) is 21.1. The van der Waals surface area contributed by atoms with Crippen LogP contribution < -0.4 is 9.46 Å². The summed E-state index contributed by atoms with van der Waals surface area (Å²) in [6.07, 6.45) is 4.62. The van der Waals surface area contributed by atoms with Crippen LogP contribution in [0.3, 0.4) is 0 Å². The number of amides is 1. The molecule has 0 radical (unpaired) electrons. The van der Waals surface area contributed by atoms with E-state index in [4.69, 9.17) is 14.2 Å². The topological polar surface area (TPSA) is 97.4 Å². The molecule has 3 aliphatic heterocycles. The van der Waals surface area contributed by atoms with Gasteiger partial charge in [-0.2, -0.15) is 17.4 Å². The van der Waals surface area contributed by atoms with Crippen LogP contribution in [-0.2, 0) is 19.7 Å². The molecule has 0 unspecified atom stereocenters. The summed E-state index contributed by atoms with van der Waals surface area (Å²) >= 11 is 0. The van der Waals surface area contributed by atoms with Gasteiger partial charge in [-0.3, -0.25) is 4.90 Å². The van der Waals surface area contributed by atoms with Crippen molar-refractivity contribution in [3.8, 4) is 5.75 Å². The largest absolute Gasteiger partial charge is 0.493 e. The molecule has 9 nitrogen and oxygen atoms in total. The van der Waals surface area contributed by atoms with Crippen molar-refractivity contribution in [1.29, 1.82) is 0 Å². The zero-order valence-electron chi connectivity index (χ0n) is 20.3. The first-order valence-corrected chi connectivity index (χ1v) is 13.7. The molecule has 4 bridgehead atoms. The third kappa shape index (κ3) is 5.84. The minimum atomic E-state index is -3.65. The Morgan fingerprint density at radius 2 is 1.82 bits per heavy atom. The summed E-state index contributed by atoms with van der Waals surface area (Å²) in [5.41, 5.74) is 1.29. The number of carbonyl (C=O) groups excluding carboxylic acids is 1. The van der Waals surface area contributed by atoms with Gasteiger partial charge in [0.1, 0.15) is 5.75 Å². The third-order valence-electron chi connectivity index (χ3n) is 7.17. The Labute approximate surface area is 202 Å². The molecular formula is C24H37N3O6S. The quantitative estimate of drug-likeness (QED) is 0.693. The number of ether oxygens (including phenoxy) is 3. The Morgan fingerprint density at radius 1 is 1.09 bits per heavy atom. The van der Waals surface area contributed by atoms with Crippen LogP contribution in [0.15, 0.2) is 24.3 Å². The minimum absolute atomic E-state index is 0.0891. The number of fused-ring (bicyclic) bond motifs is 8. The number of rotatable bonds is 3. The third-order valence-corrected chi connectivity index (χ3v) is 8.73. The first-order valence-electron chi connectivity index (χ1n) is 12.2. The SMILES string of the molecule is C[C@@H]1C[C@H](NS(=O)(=O)N(C)C)[C@@H]2COC3CCC(CC3)c3cccc(c3)OCCCOC(=O)N12. The van der Waals surface area contributed by atoms with Crippen molar-refractivity contribution in [3.63, 3.8) is 0 Å². The van der Waals surface area contributed by atoms with Gasteiger partial charge in [0.25, 0.3) is 10.2 Å². The molecule has 3 heterocycles. The normalized spacial score (nSPS) is 31.0. The summed E-state index contributed by atoms with van der Waals surface area (Å²) in [6.45, 7) is 2.88. The molecule has 190 valence electrons. The fourth-order valence-corrected chi connectivity index (χ4v) is 6.08. The Balaban J connectivity index is 1.52. The van der Waals surface area contributed by atoms with Crippen LogP contribution in [0.25, 0.3) is 0 Å². The fraction of sp³-hybridized carbons (Fsp3) is 0.708. The highest BCUT2D eigenvalue weighted by molar-refractivity contribution is 7.87. The fourth-order valence-electron chi connectivity index (χ4n) is 5.23. The molecule has 5 rings (SSSR count). The number of nitrogens with zero attached hydrogens (tertiary/aromatic N) is 2. The van der Waals surface area contributed by atoms with E-state index in [0.717, 1.165) is 35.7 Å². The lowest BCUT2D eigenvalue weighted by Crippen LogP contribution is -2.52. The standard InChI is InChI=1S/C24H37N3O6S/c1-17-14-22(25-34(29,30)26(2)3)23-16-33-20-10-8-18(9-11-20)19-6-4-7-21(15-19)31-12-5-13-32-24(28)27(17)23/h4,6-7,15,17-18,20,22-23,25H,5,8-14,16H2,1-3H3/t17-,18?,20?,22+,23+/m1/s1. The van der Waals surface area contributed by atoms with Crippen LogP contribution in [0.1, 0.15) is 56.9 Å². The number of hydrogen-bond acceptors (Lipinski definition) is 6. The molecule has 1 saturated heterocycles. The average Bonchev–Trinajstić information content (AvgIpc) is 3.11. The van der Waals surface area contributed by atoms with E-state index in [1.807, 2.05) is 19.1 Å². The Kier molecular flexibility index (Phi) is 8.01. The first kappa shape index (κ1) is 25.2. The predicted molar refractivity (Wildman–Crippen MR) is 128 cm³/mol. The van der Waals surface area contributed by atoms with Gasteiger partial charge in [0.05, 0.1) is 32.0 Å². The van der Waals surface area contributed by atoms with Crippen molar-refractivity contribution < 1.29 is 27.4 Å². The second kappa shape index (κ2) is 10.8. The lowest BCUT2D eigenvalue weighted by molar-refractivity contribution is -0.0106. The molecule has 2 fully saturated rings.